The van der Waals surface area contributed by atoms with Gasteiger partial charge < -0.3 is 10.0 Å². The molecule has 1 N–H and O–H groups in total. The van der Waals surface area contributed by atoms with E-state index in [-0.39, 0.29) is 16.6 Å². The monoisotopic (exact) mass is 674 g/mol. The number of aromatic nitrogens is 1. The number of fused-ring (bicyclic) bond motifs is 1. The van der Waals surface area contributed by atoms with Crippen LogP contribution in [0.2, 0.25) is 5.02 Å². The number of rotatable bonds is 13. The van der Waals surface area contributed by atoms with E-state index in [1.54, 1.807) is 4.90 Å². The number of amides is 1. The second kappa shape index (κ2) is 14.7. The van der Waals surface area contributed by atoms with Crippen LogP contribution in [-0.4, -0.2) is 28.8 Å². The summed E-state index contributed by atoms with van der Waals surface area (Å²) < 4.78 is 0. The van der Waals surface area contributed by atoms with E-state index < -0.39 is 5.60 Å². The van der Waals surface area contributed by atoms with Crippen molar-refractivity contribution in [3.05, 3.63) is 142 Å². The minimum atomic E-state index is -0.907. The lowest BCUT2D eigenvalue weighted by atomic mass is 9.90. The molecule has 0 spiro atoms. The second-order valence-corrected chi connectivity index (χ2v) is 15.2. The first-order valence-corrected chi connectivity index (χ1v) is 18.1. The topological polar surface area (TPSA) is 53.4 Å². The zero-order valence-electron chi connectivity index (χ0n) is 27.9. The van der Waals surface area contributed by atoms with E-state index in [0.29, 0.717) is 11.4 Å². The average Bonchev–Trinajstić information content (AvgIpc) is 3.86. The summed E-state index contributed by atoms with van der Waals surface area (Å²) >= 11 is 8.19. The number of anilines is 1. The molecule has 48 heavy (non-hydrogen) atoms. The van der Waals surface area contributed by atoms with Gasteiger partial charge in [-0.05, 0) is 104 Å². The van der Waals surface area contributed by atoms with E-state index >= 15 is 0 Å². The van der Waals surface area contributed by atoms with Gasteiger partial charge >= 0.3 is 0 Å². The number of halogens is 1. The first-order chi connectivity index (χ1) is 23.1. The minimum absolute atomic E-state index is 0.0379. The maximum absolute atomic E-state index is 13.4. The van der Waals surface area contributed by atoms with Gasteiger partial charge in [0.1, 0.15) is 0 Å². The molecule has 246 valence electrons. The number of carbonyl (C=O) groups excluding carboxylic acids is 1. The lowest BCUT2D eigenvalue weighted by Crippen LogP contribution is -2.29. The highest BCUT2D eigenvalue weighted by Gasteiger charge is 2.45. The van der Waals surface area contributed by atoms with Gasteiger partial charge in [0.05, 0.1) is 16.8 Å². The Balaban J connectivity index is 1.21. The van der Waals surface area contributed by atoms with Crippen LogP contribution in [0.5, 0.6) is 0 Å². The van der Waals surface area contributed by atoms with E-state index in [1.165, 1.54) is 11.1 Å². The largest absolute Gasteiger partial charge is 0.386 e. The Morgan fingerprint density at radius 3 is 2.48 bits per heavy atom. The molecule has 1 aliphatic rings. The summed E-state index contributed by atoms with van der Waals surface area (Å²) in [7, 11) is 1.88. The molecule has 1 saturated carbocycles. The van der Waals surface area contributed by atoms with Crippen LogP contribution in [-0.2, 0) is 16.8 Å². The molecule has 1 aliphatic carbocycles. The molecule has 1 atom stereocenters. The maximum Gasteiger partial charge on any atom is 0.227 e. The fraction of sp³-hybridized carbons (Fsp3) is 0.286. The Kier molecular flexibility index (Phi) is 10.4. The number of para-hydroxylation sites is 1. The van der Waals surface area contributed by atoms with Gasteiger partial charge in [-0.1, -0.05) is 96.5 Å². The molecule has 1 amide bonds. The van der Waals surface area contributed by atoms with Gasteiger partial charge in [0.15, 0.2) is 0 Å². The lowest BCUT2D eigenvalue weighted by molar-refractivity contribution is -0.119. The first-order valence-electron chi connectivity index (χ1n) is 16.7. The molecule has 6 rings (SSSR count). The predicted molar refractivity (Wildman–Crippen MR) is 203 cm³/mol. The molecule has 4 nitrogen and oxygen atoms in total. The number of nitrogens with zero attached hydrogens (tertiary/aromatic N) is 2. The van der Waals surface area contributed by atoms with Gasteiger partial charge in [0.25, 0.3) is 0 Å². The molecule has 4 aromatic carbocycles. The normalized spacial score (nSPS) is 14.7. The Hall–Kier alpha value is -3.90. The van der Waals surface area contributed by atoms with Crippen molar-refractivity contribution in [1.29, 1.82) is 0 Å². The van der Waals surface area contributed by atoms with Gasteiger partial charge in [-0.2, -0.15) is 11.8 Å². The summed E-state index contributed by atoms with van der Waals surface area (Å²) in [6, 6.07) is 36.8. The summed E-state index contributed by atoms with van der Waals surface area (Å²) in [6.07, 6.45) is 8.66. The molecule has 5 aromatic rings. The molecular formula is C42H43ClN2O2S. The Bertz CT molecular complexity index is 1910. The predicted octanol–water partition coefficient (Wildman–Crippen LogP) is 10.5. The third kappa shape index (κ3) is 8.57. The van der Waals surface area contributed by atoms with Crippen LogP contribution in [0.25, 0.3) is 23.1 Å². The van der Waals surface area contributed by atoms with Crippen molar-refractivity contribution in [1.82, 2.24) is 4.98 Å². The molecular weight excluding hydrogens is 632 g/mol. The summed E-state index contributed by atoms with van der Waals surface area (Å²) in [6.45, 7) is 3.71. The third-order valence-electron chi connectivity index (χ3n) is 9.35. The van der Waals surface area contributed by atoms with Gasteiger partial charge in [-0.15, -0.1) is 0 Å². The number of aliphatic hydroxyl groups is 1. The smallest absolute Gasteiger partial charge is 0.227 e. The van der Waals surface area contributed by atoms with Crippen molar-refractivity contribution < 1.29 is 9.90 Å². The Labute approximate surface area is 293 Å². The number of pyridine rings is 1. The maximum atomic E-state index is 13.4. The molecule has 6 heteroatoms. The van der Waals surface area contributed by atoms with E-state index in [1.807, 2.05) is 99.4 Å². The molecule has 0 unspecified atom stereocenters. The van der Waals surface area contributed by atoms with Crippen LogP contribution < -0.4 is 4.90 Å². The second-order valence-electron chi connectivity index (χ2n) is 13.6. The number of hydrogen-bond acceptors (Lipinski definition) is 4. The van der Waals surface area contributed by atoms with Gasteiger partial charge in [0, 0.05) is 40.6 Å². The van der Waals surface area contributed by atoms with Crippen LogP contribution in [0.15, 0.2) is 109 Å². The van der Waals surface area contributed by atoms with Crippen LogP contribution >= 0.6 is 23.4 Å². The van der Waals surface area contributed by atoms with E-state index in [9.17, 15) is 9.90 Å². The molecule has 1 fully saturated rings. The highest BCUT2D eigenvalue weighted by atomic mass is 35.5. The molecule has 1 aromatic heterocycles. The van der Waals surface area contributed by atoms with Crippen molar-refractivity contribution in [2.45, 2.75) is 56.8 Å². The number of aryl methyl sites for hydroxylation is 1. The van der Waals surface area contributed by atoms with Crippen molar-refractivity contribution >= 4 is 58.0 Å². The molecule has 0 saturated heterocycles. The molecule has 0 bridgehead atoms. The minimum Gasteiger partial charge on any atom is -0.386 e. The third-order valence-corrected chi connectivity index (χ3v) is 11.3. The van der Waals surface area contributed by atoms with Crippen LogP contribution in [0, 0.1) is 5.41 Å². The van der Waals surface area contributed by atoms with Crippen molar-refractivity contribution in [2.75, 3.05) is 17.7 Å². The number of carbonyl (C=O) groups is 1. The first kappa shape index (κ1) is 34.0. The lowest BCUT2D eigenvalue weighted by Gasteiger charge is -2.25. The Morgan fingerprint density at radius 1 is 0.958 bits per heavy atom. The van der Waals surface area contributed by atoms with Crippen molar-refractivity contribution in [3.8, 4) is 0 Å². The number of thioether (sulfide) groups is 1. The van der Waals surface area contributed by atoms with Gasteiger partial charge in [0.2, 0.25) is 5.91 Å². The number of benzene rings is 4. The van der Waals surface area contributed by atoms with Gasteiger partial charge in [-0.3, -0.25) is 4.79 Å². The fourth-order valence-electron chi connectivity index (χ4n) is 6.27. The standard InChI is InChI=1S/C42H43ClN2O2S/c1-41(2,47)37-15-8-7-11-31(37)19-23-39(48-29-42(24-25-42)28-40(46)45(3)36-13-5-4-6-14-36)33-12-9-10-30(26-33)16-21-35-22-18-32-17-20-34(43)27-38(32)44-35/h4-18,20-22,26-27,39,47H,19,23-25,28-29H2,1-3H3/b21-16+/t39-/m1/s1. The van der Waals surface area contributed by atoms with E-state index in [2.05, 4.69) is 54.6 Å². The average molecular weight is 675 g/mol. The molecule has 1 heterocycles. The number of hydrogen-bond donors (Lipinski definition) is 1. The van der Waals surface area contributed by atoms with Crippen LogP contribution in [0.3, 0.4) is 0 Å². The quantitative estimate of drug-likeness (QED) is 0.135. The molecule has 0 aliphatic heterocycles. The fourth-order valence-corrected chi connectivity index (χ4v) is 8.01. The highest BCUT2D eigenvalue weighted by molar-refractivity contribution is 7.99. The van der Waals surface area contributed by atoms with E-state index in [0.717, 1.165) is 64.8 Å². The summed E-state index contributed by atoms with van der Waals surface area (Å²) in [5, 5.41) is 12.9. The van der Waals surface area contributed by atoms with Crippen LogP contribution in [0.1, 0.15) is 72.7 Å². The zero-order chi connectivity index (χ0) is 33.7. The molecule has 0 radical (unpaired) electrons. The van der Waals surface area contributed by atoms with Crippen molar-refractivity contribution in [3.63, 3.8) is 0 Å². The highest BCUT2D eigenvalue weighted by Crippen LogP contribution is 2.54. The summed E-state index contributed by atoms with van der Waals surface area (Å²) in [5.74, 6) is 1.11. The summed E-state index contributed by atoms with van der Waals surface area (Å²) in [4.78, 5) is 19.9. The Morgan fingerprint density at radius 2 is 1.71 bits per heavy atom. The van der Waals surface area contributed by atoms with Gasteiger partial charge in [-0.25, -0.2) is 4.98 Å². The zero-order valence-corrected chi connectivity index (χ0v) is 29.5. The van der Waals surface area contributed by atoms with Crippen LogP contribution in [0.4, 0.5) is 5.69 Å². The summed E-state index contributed by atoms with van der Waals surface area (Å²) in [5.41, 5.74) is 6.35. The van der Waals surface area contributed by atoms with Crippen molar-refractivity contribution in [2.24, 2.45) is 5.41 Å². The SMILES string of the molecule is CN(C(=O)CC1(CS[C@H](CCc2ccccc2C(C)(C)O)c2cccc(/C=C/c3ccc4ccc(Cl)cc4n3)c2)CC1)c1ccccc1. The van der Waals surface area contributed by atoms with E-state index in [4.69, 9.17) is 16.6 Å².